The van der Waals surface area contributed by atoms with Crippen LogP contribution in [0, 0.1) is 18.6 Å². The average Bonchev–Trinajstić information content (AvgIpc) is 2.60. The quantitative estimate of drug-likeness (QED) is 0.770. The van der Waals surface area contributed by atoms with Gasteiger partial charge in [-0.2, -0.15) is 0 Å². The van der Waals surface area contributed by atoms with Gasteiger partial charge in [-0.1, -0.05) is 13.8 Å². The van der Waals surface area contributed by atoms with Crippen LogP contribution < -0.4 is 10.3 Å². The first kappa shape index (κ1) is 21.3. The van der Waals surface area contributed by atoms with Gasteiger partial charge in [0.05, 0.1) is 13.7 Å². The number of rotatable bonds is 4. The Balaban J connectivity index is 0.00000163. The van der Waals surface area contributed by atoms with Crippen LogP contribution in [0.1, 0.15) is 36.8 Å². The molecule has 5 nitrogen and oxygen atoms in total. The van der Waals surface area contributed by atoms with Crippen LogP contribution in [0.15, 0.2) is 23.0 Å². The number of carbonyl (C=O) groups excluding carboxylic acids is 1. The van der Waals surface area contributed by atoms with Gasteiger partial charge in [-0.3, -0.25) is 4.79 Å². The second-order valence-electron chi connectivity index (χ2n) is 5.11. The van der Waals surface area contributed by atoms with Gasteiger partial charge in [0.1, 0.15) is 17.2 Å². The number of carbonyl (C=O) groups is 1. The van der Waals surface area contributed by atoms with Crippen LogP contribution >= 0.6 is 0 Å². The minimum atomic E-state index is -0.799. The molecule has 0 saturated heterocycles. The molecule has 0 atom stereocenters. The van der Waals surface area contributed by atoms with E-state index in [0.29, 0.717) is 5.69 Å². The van der Waals surface area contributed by atoms with E-state index in [9.17, 15) is 18.4 Å². The standard InChI is InChI=1S/C17H17F2NO4.C2H6/c1-5-24-17(22)14-13(10-6-11(18)8-12(19)7-10)9(2)20(3)16(21)15(14)23-4;1-2/h6-8H,5H2,1-4H3;1-2H3. The molecule has 142 valence electrons. The van der Waals surface area contributed by atoms with E-state index in [1.807, 2.05) is 13.8 Å². The molecule has 0 radical (unpaired) electrons. The fourth-order valence-corrected chi connectivity index (χ4v) is 2.51. The van der Waals surface area contributed by atoms with E-state index in [4.69, 9.17) is 9.47 Å². The van der Waals surface area contributed by atoms with E-state index in [1.165, 1.54) is 18.7 Å². The molecule has 1 aromatic carbocycles. The van der Waals surface area contributed by atoms with Crippen LogP contribution in [-0.4, -0.2) is 24.3 Å². The highest BCUT2D eigenvalue weighted by atomic mass is 19.1. The summed E-state index contributed by atoms with van der Waals surface area (Å²) in [5, 5.41) is 0. The van der Waals surface area contributed by atoms with Gasteiger partial charge in [-0.25, -0.2) is 13.6 Å². The molecule has 0 bridgehead atoms. The fraction of sp³-hybridized carbons (Fsp3) is 0.368. The first-order valence-electron chi connectivity index (χ1n) is 8.22. The Hall–Kier alpha value is -2.70. The van der Waals surface area contributed by atoms with Crippen molar-refractivity contribution in [3.63, 3.8) is 0 Å². The number of hydrogen-bond donors (Lipinski definition) is 0. The lowest BCUT2D eigenvalue weighted by Crippen LogP contribution is -2.26. The number of methoxy groups -OCH3 is 1. The molecule has 2 aromatic rings. The second kappa shape index (κ2) is 9.12. The van der Waals surface area contributed by atoms with Gasteiger partial charge in [0, 0.05) is 24.4 Å². The van der Waals surface area contributed by atoms with Crippen LogP contribution in [0.5, 0.6) is 5.75 Å². The Morgan fingerprint density at radius 2 is 1.69 bits per heavy atom. The summed E-state index contributed by atoms with van der Waals surface area (Å²) < 4.78 is 38.6. The topological polar surface area (TPSA) is 57.5 Å². The summed E-state index contributed by atoms with van der Waals surface area (Å²) in [7, 11) is 2.72. The third-order valence-corrected chi connectivity index (χ3v) is 3.68. The lowest BCUT2D eigenvalue weighted by Gasteiger charge is -2.18. The molecule has 0 aliphatic carbocycles. The largest absolute Gasteiger partial charge is 0.490 e. The van der Waals surface area contributed by atoms with Gasteiger partial charge in [-0.05, 0) is 31.5 Å². The number of pyridine rings is 1. The first-order valence-corrected chi connectivity index (χ1v) is 8.22. The Bertz CT molecular complexity index is 839. The van der Waals surface area contributed by atoms with E-state index < -0.39 is 23.2 Å². The molecule has 0 amide bonds. The maximum Gasteiger partial charge on any atom is 0.342 e. The SMILES string of the molecule is CC.CCOC(=O)c1c(-c2cc(F)cc(F)c2)c(C)n(C)c(=O)c1OC. The zero-order valence-electron chi connectivity index (χ0n) is 15.8. The summed E-state index contributed by atoms with van der Waals surface area (Å²) in [6.07, 6.45) is 0. The molecule has 0 saturated carbocycles. The number of halogens is 2. The summed E-state index contributed by atoms with van der Waals surface area (Å²) in [6.45, 7) is 7.26. The van der Waals surface area contributed by atoms with E-state index in [1.54, 1.807) is 13.8 Å². The average molecular weight is 367 g/mol. The molecule has 0 aliphatic rings. The minimum absolute atomic E-state index is 0.0766. The Kier molecular flexibility index (Phi) is 7.49. The molecular formula is C19H23F2NO4. The summed E-state index contributed by atoms with van der Waals surface area (Å²) in [5.74, 6) is -2.63. The number of ether oxygens (including phenoxy) is 2. The maximum absolute atomic E-state index is 13.6. The molecule has 26 heavy (non-hydrogen) atoms. The molecular weight excluding hydrogens is 344 g/mol. The molecule has 0 unspecified atom stereocenters. The Morgan fingerprint density at radius 1 is 1.15 bits per heavy atom. The number of hydrogen-bond acceptors (Lipinski definition) is 4. The van der Waals surface area contributed by atoms with Crippen molar-refractivity contribution < 1.29 is 23.0 Å². The van der Waals surface area contributed by atoms with Gasteiger partial charge in [0.2, 0.25) is 0 Å². The third-order valence-electron chi connectivity index (χ3n) is 3.68. The predicted molar refractivity (Wildman–Crippen MR) is 95.6 cm³/mol. The predicted octanol–water partition coefficient (Wildman–Crippen LogP) is 3.85. The number of nitrogens with zero attached hydrogens (tertiary/aromatic N) is 1. The van der Waals surface area contributed by atoms with Crippen molar-refractivity contribution >= 4 is 5.97 Å². The second-order valence-corrected chi connectivity index (χ2v) is 5.11. The zero-order chi connectivity index (χ0) is 20.0. The van der Waals surface area contributed by atoms with Crippen molar-refractivity contribution in [2.24, 2.45) is 7.05 Å². The van der Waals surface area contributed by atoms with E-state index >= 15 is 0 Å². The summed E-state index contributed by atoms with van der Waals surface area (Å²) in [5.41, 5.74) is -0.0368. The highest BCUT2D eigenvalue weighted by molar-refractivity contribution is 6.00. The molecule has 0 spiro atoms. The van der Waals surface area contributed by atoms with Crippen LogP contribution in [0.4, 0.5) is 8.78 Å². The smallest absolute Gasteiger partial charge is 0.342 e. The van der Waals surface area contributed by atoms with E-state index in [-0.39, 0.29) is 29.0 Å². The van der Waals surface area contributed by atoms with Crippen LogP contribution in [0.2, 0.25) is 0 Å². The Morgan fingerprint density at radius 3 is 2.15 bits per heavy atom. The van der Waals surface area contributed by atoms with Crippen molar-refractivity contribution in [3.05, 3.63) is 51.4 Å². The molecule has 1 aromatic heterocycles. The molecule has 0 fully saturated rings. The van der Waals surface area contributed by atoms with Crippen molar-refractivity contribution in [3.8, 4) is 16.9 Å². The molecule has 1 heterocycles. The monoisotopic (exact) mass is 367 g/mol. The zero-order valence-corrected chi connectivity index (χ0v) is 15.8. The lowest BCUT2D eigenvalue weighted by atomic mass is 9.97. The molecule has 7 heteroatoms. The highest BCUT2D eigenvalue weighted by Gasteiger charge is 2.27. The third kappa shape index (κ3) is 4.09. The fourth-order valence-electron chi connectivity index (χ4n) is 2.51. The van der Waals surface area contributed by atoms with Crippen molar-refractivity contribution in [1.82, 2.24) is 4.57 Å². The summed E-state index contributed by atoms with van der Waals surface area (Å²) >= 11 is 0. The number of benzene rings is 1. The maximum atomic E-state index is 13.6. The molecule has 2 rings (SSSR count). The lowest BCUT2D eigenvalue weighted by molar-refractivity contribution is 0.0523. The van der Waals surface area contributed by atoms with Gasteiger partial charge < -0.3 is 14.0 Å². The van der Waals surface area contributed by atoms with Crippen LogP contribution in [-0.2, 0) is 11.8 Å². The van der Waals surface area contributed by atoms with E-state index in [0.717, 1.165) is 18.2 Å². The van der Waals surface area contributed by atoms with Crippen molar-refractivity contribution in [2.45, 2.75) is 27.7 Å². The number of esters is 1. The molecule has 0 N–H and O–H groups in total. The van der Waals surface area contributed by atoms with Crippen molar-refractivity contribution in [2.75, 3.05) is 13.7 Å². The van der Waals surface area contributed by atoms with Gasteiger partial charge in [0.15, 0.2) is 5.75 Å². The van der Waals surface area contributed by atoms with Crippen molar-refractivity contribution in [1.29, 1.82) is 0 Å². The Labute approximate surface area is 151 Å². The van der Waals surface area contributed by atoms with Gasteiger partial charge >= 0.3 is 5.97 Å². The minimum Gasteiger partial charge on any atom is -0.490 e. The van der Waals surface area contributed by atoms with Gasteiger partial charge in [0.25, 0.3) is 5.56 Å². The van der Waals surface area contributed by atoms with Crippen LogP contribution in [0.3, 0.4) is 0 Å². The highest BCUT2D eigenvalue weighted by Crippen LogP contribution is 2.33. The van der Waals surface area contributed by atoms with E-state index in [2.05, 4.69) is 0 Å². The first-order chi connectivity index (χ1) is 12.3. The summed E-state index contributed by atoms with van der Waals surface area (Å²) in [6, 6.07) is 2.89. The number of aromatic nitrogens is 1. The summed E-state index contributed by atoms with van der Waals surface area (Å²) in [4.78, 5) is 24.7. The van der Waals surface area contributed by atoms with Gasteiger partial charge in [-0.15, -0.1) is 0 Å². The normalized spacial score (nSPS) is 10.0. The molecule has 0 aliphatic heterocycles. The van der Waals surface area contributed by atoms with Crippen LogP contribution in [0.25, 0.3) is 11.1 Å².